The Kier molecular flexibility index (Phi) is 7.14. The van der Waals surface area contributed by atoms with Gasteiger partial charge in [0.1, 0.15) is 6.61 Å². The first-order chi connectivity index (χ1) is 15.4. The van der Waals surface area contributed by atoms with Crippen LogP contribution in [0.4, 0.5) is 0 Å². The zero-order valence-corrected chi connectivity index (χ0v) is 21.7. The number of benzene rings is 3. The van der Waals surface area contributed by atoms with E-state index in [4.69, 9.17) is 14.2 Å². The van der Waals surface area contributed by atoms with E-state index in [1.807, 2.05) is 54.6 Å². The van der Waals surface area contributed by atoms with Gasteiger partial charge in [0, 0.05) is 9.13 Å². The second-order valence-electron chi connectivity index (χ2n) is 7.09. The molecule has 1 heterocycles. The van der Waals surface area contributed by atoms with Crippen molar-refractivity contribution >= 4 is 63.1 Å². The molecule has 0 amide bonds. The Balaban J connectivity index is 1.59. The van der Waals surface area contributed by atoms with Gasteiger partial charge in [0.25, 0.3) is 0 Å². The summed E-state index contributed by atoms with van der Waals surface area (Å²) in [4.78, 5) is 16.7. The van der Waals surface area contributed by atoms with Crippen LogP contribution in [0.3, 0.4) is 0 Å². The van der Waals surface area contributed by atoms with Crippen LogP contribution >= 0.6 is 45.2 Å². The summed E-state index contributed by atoms with van der Waals surface area (Å²) in [5, 5.41) is 0. The van der Waals surface area contributed by atoms with E-state index in [0.717, 1.165) is 23.8 Å². The maximum atomic E-state index is 12.4. The van der Waals surface area contributed by atoms with Gasteiger partial charge in [0.05, 0.1) is 10.7 Å². The number of aliphatic imine (C=N–C) groups is 1. The van der Waals surface area contributed by atoms with Crippen molar-refractivity contribution in [3.8, 4) is 11.5 Å². The van der Waals surface area contributed by atoms with Gasteiger partial charge in [-0.05, 0) is 111 Å². The molecule has 0 N–H and O–H groups in total. The maximum Gasteiger partial charge on any atom is 0.363 e. The molecule has 0 bridgehead atoms. The highest BCUT2D eigenvalue weighted by Gasteiger charge is 2.24. The number of carbonyl (C=O) groups is 1. The second-order valence-corrected chi connectivity index (χ2v) is 9.50. The van der Waals surface area contributed by atoms with Crippen LogP contribution in [0.25, 0.3) is 6.08 Å². The van der Waals surface area contributed by atoms with Gasteiger partial charge < -0.3 is 14.2 Å². The van der Waals surface area contributed by atoms with E-state index >= 15 is 0 Å². The molecule has 0 unspecified atom stereocenters. The van der Waals surface area contributed by atoms with Gasteiger partial charge in [0.15, 0.2) is 17.2 Å². The molecule has 1 aliphatic heterocycles. The summed E-state index contributed by atoms with van der Waals surface area (Å²) in [6, 6.07) is 19.5. The molecule has 0 aliphatic carbocycles. The monoisotopic (exact) mass is 651 g/mol. The van der Waals surface area contributed by atoms with Gasteiger partial charge in [-0.1, -0.05) is 24.3 Å². The largest absolute Gasteiger partial charge is 0.493 e. The third kappa shape index (κ3) is 5.15. The molecule has 0 atom stereocenters. The van der Waals surface area contributed by atoms with Crippen LogP contribution in [-0.4, -0.2) is 19.0 Å². The molecular weight excluding hydrogens is 632 g/mol. The Morgan fingerprint density at radius 2 is 1.81 bits per heavy atom. The Morgan fingerprint density at radius 3 is 2.53 bits per heavy atom. The van der Waals surface area contributed by atoms with E-state index in [0.29, 0.717) is 24.0 Å². The Hall–Kier alpha value is -2.40. The second kappa shape index (κ2) is 10.0. The smallest absolute Gasteiger partial charge is 0.363 e. The van der Waals surface area contributed by atoms with Crippen LogP contribution in [0.1, 0.15) is 22.3 Å². The highest BCUT2D eigenvalue weighted by Crippen LogP contribution is 2.35. The molecule has 0 saturated carbocycles. The first-order valence-electron chi connectivity index (χ1n) is 9.78. The number of esters is 1. The lowest BCUT2D eigenvalue weighted by atomic mass is 10.1. The minimum absolute atomic E-state index is 0.241. The number of rotatable bonds is 6. The molecule has 0 fully saturated rings. The van der Waals surface area contributed by atoms with Crippen molar-refractivity contribution in [3.63, 3.8) is 0 Å². The van der Waals surface area contributed by atoms with E-state index in [9.17, 15) is 4.79 Å². The van der Waals surface area contributed by atoms with E-state index in [1.54, 1.807) is 13.2 Å². The van der Waals surface area contributed by atoms with E-state index < -0.39 is 5.97 Å². The summed E-state index contributed by atoms with van der Waals surface area (Å²) in [6.45, 7) is 2.50. The van der Waals surface area contributed by atoms with E-state index in [2.05, 4.69) is 63.2 Å². The molecule has 5 nitrogen and oxygen atoms in total. The van der Waals surface area contributed by atoms with Crippen molar-refractivity contribution in [1.82, 2.24) is 0 Å². The van der Waals surface area contributed by atoms with Crippen LogP contribution in [0.5, 0.6) is 11.5 Å². The Morgan fingerprint density at radius 1 is 1.06 bits per heavy atom. The average molecular weight is 651 g/mol. The molecule has 32 heavy (non-hydrogen) atoms. The van der Waals surface area contributed by atoms with Crippen LogP contribution in [0.2, 0.25) is 0 Å². The summed E-state index contributed by atoms with van der Waals surface area (Å²) in [6.07, 6.45) is 1.69. The molecule has 162 valence electrons. The lowest BCUT2D eigenvalue weighted by Crippen LogP contribution is -2.05. The van der Waals surface area contributed by atoms with Crippen molar-refractivity contribution in [2.45, 2.75) is 13.5 Å². The predicted octanol–water partition coefficient (Wildman–Crippen LogP) is 6.14. The number of hydrogen-bond acceptors (Lipinski definition) is 5. The fraction of sp³-hybridized carbons (Fsp3) is 0.120. The molecule has 7 heteroatoms. The summed E-state index contributed by atoms with van der Waals surface area (Å²) < 4.78 is 19.0. The number of hydrogen-bond donors (Lipinski definition) is 0. The van der Waals surface area contributed by atoms with Crippen molar-refractivity contribution in [1.29, 1.82) is 0 Å². The van der Waals surface area contributed by atoms with Crippen molar-refractivity contribution in [2.24, 2.45) is 4.99 Å². The molecule has 0 aromatic heterocycles. The van der Waals surface area contributed by atoms with E-state index in [1.165, 1.54) is 5.56 Å². The molecule has 3 aromatic carbocycles. The normalized spacial score (nSPS) is 14.3. The van der Waals surface area contributed by atoms with Gasteiger partial charge in [-0.2, -0.15) is 0 Å². The summed E-state index contributed by atoms with van der Waals surface area (Å²) in [5.41, 5.74) is 4.06. The Bertz CT molecular complexity index is 1230. The molecule has 0 saturated heterocycles. The summed E-state index contributed by atoms with van der Waals surface area (Å²) in [7, 11) is 1.60. The van der Waals surface area contributed by atoms with Crippen LogP contribution in [0.15, 0.2) is 71.4 Å². The molecule has 4 rings (SSSR count). The molecule has 0 radical (unpaired) electrons. The quantitative estimate of drug-likeness (QED) is 0.183. The number of ether oxygens (including phenoxy) is 3. The lowest BCUT2D eigenvalue weighted by molar-refractivity contribution is -0.129. The van der Waals surface area contributed by atoms with Gasteiger partial charge in [0.2, 0.25) is 5.90 Å². The highest BCUT2D eigenvalue weighted by molar-refractivity contribution is 14.1. The van der Waals surface area contributed by atoms with Crippen molar-refractivity contribution in [2.75, 3.05) is 7.11 Å². The number of aryl methyl sites for hydroxylation is 1. The molecule has 3 aromatic rings. The fourth-order valence-corrected chi connectivity index (χ4v) is 4.31. The number of carbonyl (C=O) groups excluding carboxylic acids is 1. The molecular formula is C25H19I2NO4. The third-order valence-corrected chi connectivity index (χ3v) is 6.42. The lowest BCUT2D eigenvalue weighted by Gasteiger charge is -2.14. The first kappa shape index (κ1) is 22.8. The van der Waals surface area contributed by atoms with Crippen molar-refractivity contribution < 1.29 is 19.0 Å². The van der Waals surface area contributed by atoms with Gasteiger partial charge in [-0.3, -0.25) is 0 Å². The van der Waals surface area contributed by atoms with E-state index in [-0.39, 0.29) is 5.70 Å². The standard InChI is InChI=1S/C25H19I2NO4/c1-15-5-3-4-6-18(15)14-31-23-20(27)11-16(13-22(23)30-2)12-21-25(29)32-24(28-21)17-7-9-19(26)10-8-17/h3-13H,14H2,1-2H3/b21-12-. The minimum Gasteiger partial charge on any atom is -0.493 e. The SMILES string of the molecule is COc1cc(/C=C2\N=C(c3ccc(I)cc3)OC2=O)cc(I)c1OCc1ccccc1C. The topological polar surface area (TPSA) is 57.1 Å². The zero-order chi connectivity index (χ0) is 22.7. The highest BCUT2D eigenvalue weighted by atomic mass is 127. The van der Waals surface area contributed by atoms with Gasteiger partial charge in [-0.15, -0.1) is 0 Å². The third-order valence-electron chi connectivity index (χ3n) is 4.90. The predicted molar refractivity (Wildman–Crippen MR) is 141 cm³/mol. The number of halogens is 2. The summed E-state index contributed by atoms with van der Waals surface area (Å²) in [5.74, 6) is 1.08. The minimum atomic E-state index is -0.479. The molecule has 1 aliphatic rings. The fourth-order valence-electron chi connectivity index (χ4n) is 3.17. The zero-order valence-electron chi connectivity index (χ0n) is 17.4. The maximum absolute atomic E-state index is 12.4. The Labute approximate surface area is 213 Å². The number of methoxy groups -OCH3 is 1. The number of nitrogens with zero attached hydrogens (tertiary/aromatic N) is 1. The van der Waals surface area contributed by atoms with Gasteiger partial charge in [-0.25, -0.2) is 9.79 Å². The first-order valence-corrected chi connectivity index (χ1v) is 11.9. The van der Waals surface area contributed by atoms with Gasteiger partial charge >= 0.3 is 5.97 Å². The van der Waals surface area contributed by atoms with Crippen LogP contribution in [-0.2, 0) is 16.1 Å². The van der Waals surface area contributed by atoms with Crippen LogP contribution < -0.4 is 9.47 Å². The number of cyclic esters (lactones) is 1. The summed E-state index contributed by atoms with van der Waals surface area (Å²) >= 11 is 4.43. The van der Waals surface area contributed by atoms with Crippen molar-refractivity contribution in [3.05, 3.63) is 95.8 Å². The van der Waals surface area contributed by atoms with Crippen LogP contribution in [0, 0.1) is 14.1 Å². The molecule has 0 spiro atoms. The average Bonchev–Trinajstić information content (AvgIpc) is 3.14.